The van der Waals surface area contributed by atoms with E-state index in [1.165, 1.54) is 12.1 Å². The van der Waals surface area contributed by atoms with Crippen LogP contribution in [0.4, 0.5) is 13.2 Å². The van der Waals surface area contributed by atoms with Gasteiger partial charge in [0, 0.05) is 11.1 Å². The van der Waals surface area contributed by atoms with Crippen molar-refractivity contribution in [3.8, 4) is 22.8 Å². The predicted molar refractivity (Wildman–Crippen MR) is 77.0 cm³/mol. The number of ether oxygens (including phenoxy) is 2. The van der Waals surface area contributed by atoms with Crippen molar-refractivity contribution in [3.63, 3.8) is 0 Å². The van der Waals surface area contributed by atoms with Crippen LogP contribution < -0.4 is 9.47 Å². The van der Waals surface area contributed by atoms with Gasteiger partial charge in [0.25, 0.3) is 0 Å². The first-order valence-electron chi connectivity index (χ1n) is 6.48. The fourth-order valence-electron chi connectivity index (χ4n) is 2.29. The lowest BCUT2D eigenvalue weighted by molar-refractivity contribution is -0.274. The SMILES string of the molecule is COc1cccc2cc(-c3ccc(OC(F)(F)F)cc3)[nH]c12. The minimum Gasteiger partial charge on any atom is -0.495 e. The van der Waals surface area contributed by atoms with Gasteiger partial charge in [0.1, 0.15) is 11.5 Å². The maximum Gasteiger partial charge on any atom is 0.573 e. The van der Waals surface area contributed by atoms with Crippen molar-refractivity contribution < 1.29 is 22.6 Å². The predicted octanol–water partition coefficient (Wildman–Crippen LogP) is 4.74. The molecule has 114 valence electrons. The number of rotatable bonds is 3. The van der Waals surface area contributed by atoms with Crippen molar-refractivity contribution in [2.24, 2.45) is 0 Å². The summed E-state index contributed by atoms with van der Waals surface area (Å²) in [5.41, 5.74) is 2.39. The van der Waals surface area contributed by atoms with Crippen LogP contribution in [0.15, 0.2) is 48.5 Å². The molecule has 2 aromatic carbocycles. The first kappa shape index (κ1) is 14.3. The van der Waals surface area contributed by atoms with Crippen molar-refractivity contribution >= 4 is 10.9 Å². The quantitative estimate of drug-likeness (QED) is 0.758. The van der Waals surface area contributed by atoms with E-state index in [1.54, 1.807) is 19.2 Å². The Morgan fingerprint density at radius 1 is 1.00 bits per heavy atom. The first-order valence-corrected chi connectivity index (χ1v) is 6.48. The number of H-pyrrole nitrogens is 1. The molecule has 3 rings (SSSR count). The number of alkyl halides is 3. The van der Waals surface area contributed by atoms with Crippen LogP contribution >= 0.6 is 0 Å². The number of para-hydroxylation sites is 1. The summed E-state index contributed by atoms with van der Waals surface area (Å²) >= 11 is 0. The lowest BCUT2D eigenvalue weighted by Crippen LogP contribution is -2.16. The van der Waals surface area contributed by atoms with E-state index in [0.29, 0.717) is 5.75 Å². The standard InChI is InChI=1S/C16H12F3NO2/c1-21-14-4-2-3-11-9-13(20-15(11)14)10-5-7-12(8-6-10)22-16(17,18)19/h2-9,20H,1H3. The number of aromatic amines is 1. The molecular formula is C16H12F3NO2. The van der Waals surface area contributed by atoms with Crippen LogP contribution in [0.2, 0.25) is 0 Å². The van der Waals surface area contributed by atoms with Gasteiger partial charge >= 0.3 is 6.36 Å². The van der Waals surface area contributed by atoms with Crippen molar-refractivity contribution in [2.75, 3.05) is 7.11 Å². The number of aromatic nitrogens is 1. The van der Waals surface area contributed by atoms with Gasteiger partial charge in [0.15, 0.2) is 0 Å². The Morgan fingerprint density at radius 3 is 2.36 bits per heavy atom. The van der Waals surface area contributed by atoms with E-state index in [4.69, 9.17) is 4.74 Å². The molecule has 3 aromatic rings. The smallest absolute Gasteiger partial charge is 0.495 e. The van der Waals surface area contributed by atoms with Crippen LogP contribution in [0.25, 0.3) is 22.2 Å². The van der Waals surface area contributed by atoms with Gasteiger partial charge in [-0.2, -0.15) is 0 Å². The van der Waals surface area contributed by atoms with E-state index in [9.17, 15) is 13.2 Å². The van der Waals surface area contributed by atoms with Gasteiger partial charge in [0.2, 0.25) is 0 Å². The summed E-state index contributed by atoms with van der Waals surface area (Å²) in [6, 6.07) is 13.3. The molecule has 22 heavy (non-hydrogen) atoms. The molecule has 0 amide bonds. The van der Waals surface area contributed by atoms with Gasteiger partial charge < -0.3 is 14.5 Å². The molecular weight excluding hydrogens is 295 g/mol. The molecule has 3 nitrogen and oxygen atoms in total. The van der Waals surface area contributed by atoms with E-state index >= 15 is 0 Å². The Labute approximate surface area is 124 Å². The minimum atomic E-state index is -4.68. The van der Waals surface area contributed by atoms with Crippen LogP contribution in [0, 0.1) is 0 Å². The third-order valence-electron chi connectivity index (χ3n) is 3.24. The fraction of sp³-hybridized carbons (Fsp3) is 0.125. The van der Waals surface area contributed by atoms with Crippen LogP contribution in [0.5, 0.6) is 11.5 Å². The summed E-state index contributed by atoms with van der Waals surface area (Å²) in [4.78, 5) is 3.21. The molecule has 0 radical (unpaired) electrons. The maximum atomic E-state index is 12.1. The fourth-order valence-corrected chi connectivity index (χ4v) is 2.29. The summed E-state index contributed by atoms with van der Waals surface area (Å²) in [5, 5.41) is 0.963. The number of methoxy groups -OCH3 is 1. The Morgan fingerprint density at radius 2 is 1.73 bits per heavy atom. The Hall–Kier alpha value is -2.63. The van der Waals surface area contributed by atoms with Gasteiger partial charge in [-0.25, -0.2) is 0 Å². The highest BCUT2D eigenvalue weighted by atomic mass is 19.4. The van der Waals surface area contributed by atoms with E-state index in [0.717, 1.165) is 22.2 Å². The Balaban J connectivity index is 1.94. The third kappa shape index (κ3) is 2.86. The lowest BCUT2D eigenvalue weighted by Gasteiger charge is -2.08. The summed E-state index contributed by atoms with van der Waals surface area (Å²) < 4.78 is 45.6. The summed E-state index contributed by atoms with van der Waals surface area (Å²) in [6.07, 6.45) is -4.68. The van der Waals surface area contributed by atoms with Crippen molar-refractivity contribution in [1.82, 2.24) is 4.98 Å². The molecule has 1 N–H and O–H groups in total. The second kappa shape index (κ2) is 5.29. The highest BCUT2D eigenvalue weighted by Gasteiger charge is 2.30. The van der Waals surface area contributed by atoms with Gasteiger partial charge in [-0.15, -0.1) is 13.2 Å². The molecule has 1 aromatic heterocycles. The normalized spacial score (nSPS) is 11.6. The van der Waals surface area contributed by atoms with Crippen molar-refractivity contribution in [3.05, 3.63) is 48.5 Å². The maximum absolute atomic E-state index is 12.1. The molecule has 0 atom stereocenters. The Bertz CT molecular complexity index is 791. The van der Waals surface area contributed by atoms with Gasteiger partial charge in [-0.05, 0) is 42.0 Å². The molecule has 0 saturated carbocycles. The second-order valence-corrected chi connectivity index (χ2v) is 4.68. The lowest BCUT2D eigenvalue weighted by atomic mass is 10.1. The highest BCUT2D eigenvalue weighted by Crippen LogP contribution is 2.31. The van der Waals surface area contributed by atoms with E-state index < -0.39 is 6.36 Å². The number of nitrogens with one attached hydrogen (secondary N) is 1. The molecule has 1 heterocycles. The molecule has 0 aliphatic rings. The van der Waals surface area contributed by atoms with E-state index in [-0.39, 0.29) is 5.75 Å². The average Bonchev–Trinajstić information content (AvgIpc) is 2.90. The molecule has 0 unspecified atom stereocenters. The number of fused-ring (bicyclic) bond motifs is 1. The van der Waals surface area contributed by atoms with Gasteiger partial charge in [-0.3, -0.25) is 0 Å². The van der Waals surface area contributed by atoms with Crippen LogP contribution in [-0.4, -0.2) is 18.5 Å². The van der Waals surface area contributed by atoms with Crippen LogP contribution in [-0.2, 0) is 0 Å². The molecule has 0 fully saturated rings. The monoisotopic (exact) mass is 307 g/mol. The zero-order chi connectivity index (χ0) is 15.7. The molecule has 0 aliphatic heterocycles. The van der Waals surface area contributed by atoms with Crippen LogP contribution in [0.3, 0.4) is 0 Å². The van der Waals surface area contributed by atoms with E-state index in [2.05, 4.69) is 9.72 Å². The number of hydrogen-bond donors (Lipinski definition) is 1. The highest BCUT2D eigenvalue weighted by molar-refractivity contribution is 5.90. The summed E-state index contributed by atoms with van der Waals surface area (Å²) in [7, 11) is 1.58. The molecule has 0 saturated heterocycles. The largest absolute Gasteiger partial charge is 0.573 e. The summed E-state index contributed by atoms with van der Waals surface area (Å²) in [5.74, 6) is 0.464. The molecule has 0 aliphatic carbocycles. The molecule has 0 bridgehead atoms. The Kier molecular flexibility index (Phi) is 3.44. The van der Waals surface area contributed by atoms with Gasteiger partial charge in [0.05, 0.1) is 12.6 Å². The van der Waals surface area contributed by atoms with E-state index in [1.807, 2.05) is 24.3 Å². The van der Waals surface area contributed by atoms with Gasteiger partial charge in [-0.1, -0.05) is 12.1 Å². The first-order chi connectivity index (χ1) is 10.5. The zero-order valence-corrected chi connectivity index (χ0v) is 11.6. The minimum absolute atomic E-state index is 0.245. The topological polar surface area (TPSA) is 34.2 Å². The van der Waals surface area contributed by atoms with Crippen molar-refractivity contribution in [2.45, 2.75) is 6.36 Å². The zero-order valence-electron chi connectivity index (χ0n) is 11.6. The average molecular weight is 307 g/mol. The number of benzene rings is 2. The van der Waals surface area contributed by atoms with Crippen LogP contribution in [0.1, 0.15) is 0 Å². The third-order valence-corrected chi connectivity index (χ3v) is 3.24. The van der Waals surface area contributed by atoms with Crippen molar-refractivity contribution in [1.29, 1.82) is 0 Å². The molecule has 0 spiro atoms. The second-order valence-electron chi connectivity index (χ2n) is 4.68. The number of hydrogen-bond acceptors (Lipinski definition) is 2. The molecule has 6 heteroatoms. The number of halogens is 3. The summed E-state index contributed by atoms with van der Waals surface area (Å²) in [6.45, 7) is 0.